The zero-order valence-corrected chi connectivity index (χ0v) is 24.6. The Labute approximate surface area is 257 Å². The number of aliphatic hydroxyl groups is 8. The number of nitrogens with one attached hydrogen (secondary N) is 1. The lowest BCUT2D eigenvalue weighted by atomic mass is 9.83. The van der Waals surface area contributed by atoms with Crippen LogP contribution in [0.4, 0.5) is 0 Å². The molecule has 0 bridgehead atoms. The van der Waals surface area contributed by atoms with Gasteiger partial charge in [0.1, 0.15) is 67.1 Å². The number of rotatable bonds is 10. The molecule has 2 heterocycles. The van der Waals surface area contributed by atoms with E-state index in [-0.39, 0.29) is 25.9 Å². The van der Waals surface area contributed by atoms with Crippen LogP contribution in [0.15, 0.2) is 0 Å². The van der Waals surface area contributed by atoms with Gasteiger partial charge in [-0.25, -0.2) is 0 Å². The molecule has 0 aromatic heterocycles. The van der Waals surface area contributed by atoms with Crippen LogP contribution in [0, 0.1) is 0 Å². The van der Waals surface area contributed by atoms with Crippen molar-refractivity contribution in [2.45, 2.75) is 111 Å². The molecule has 3 rings (SSSR count). The summed E-state index contributed by atoms with van der Waals surface area (Å²) in [5.41, 5.74) is 23.1. The Morgan fingerprint density at radius 3 is 1.91 bits per heavy atom. The van der Waals surface area contributed by atoms with E-state index in [0.717, 1.165) is 0 Å². The molecule has 1 saturated carbocycles. The third-order valence-corrected chi connectivity index (χ3v) is 7.51. The lowest BCUT2D eigenvalue weighted by Gasteiger charge is -2.49. The molecule has 23 heteroatoms. The topological polar surface area (TPSA) is 407 Å². The predicted molar refractivity (Wildman–Crippen MR) is 146 cm³/mol. The van der Waals surface area contributed by atoms with Crippen molar-refractivity contribution >= 4 is 16.3 Å². The molecule has 3 aliphatic rings. The van der Waals surface area contributed by atoms with Gasteiger partial charge in [0.05, 0.1) is 18.7 Å². The van der Waals surface area contributed by atoms with Gasteiger partial charge in [0, 0.05) is 12.6 Å². The average molecular weight is 684 g/mol. The molecule has 0 unspecified atom stereocenters. The van der Waals surface area contributed by atoms with Gasteiger partial charge in [-0.15, -0.1) is 0 Å². The quantitative estimate of drug-likeness (QED) is 0.0950. The first-order valence-electron chi connectivity index (χ1n) is 13.8. The van der Waals surface area contributed by atoms with E-state index in [1.54, 1.807) is 0 Å². The number of carbonyl (C=O) groups is 1. The molecule has 1 amide bonds. The van der Waals surface area contributed by atoms with Crippen molar-refractivity contribution in [1.82, 2.24) is 5.32 Å². The van der Waals surface area contributed by atoms with E-state index in [2.05, 4.69) is 5.32 Å². The van der Waals surface area contributed by atoms with Crippen molar-refractivity contribution in [1.29, 1.82) is 0 Å². The summed E-state index contributed by atoms with van der Waals surface area (Å²) in [5.74, 6) is -0.845. The lowest BCUT2D eigenvalue weighted by Crippen LogP contribution is -2.69. The Kier molecular flexibility index (Phi) is 15.2. The summed E-state index contributed by atoms with van der Waals surface area (Å²) in [6.07, 6.45) is -19.8. The average Bonchev–Trinajstić information content (AvgIpc) is 2.96. The molecular formula is C22H45N5O17S. The Morgan fingerprint density at radius 1 is 0.844 bits per heavy atom. The zero-order chi connectivity index (χ0) is 34.4. The number of carbonyl (C=O) groups excluding carboxylic acids is 1. The second-order valence-electron chi connectivity index (χ2n) is 10.8. The van der Waals surface area contributed by atoms with E-state index in [1.165, 1.54) is 0 Å². The number of aliphatic hydroxyl groups excluding tert-OH is 8. The maximum Gasteiger partial charge on any atom is 0.394 e. The molecule has 2 aliphatic heterocycles. The van der Waals surface area contributed by atoms with Crippen LogP contribution in [0.2, 0.25) is 0 Å². The summed E-state index contributed by atoms with van der Waals surface area (Å²) in [7, 11) is -4.67. The van der Waals surface area contributed by atoms with E-state index in [1.807, 2.05) is 0 Å². The minimum atomic E-state index is -4.67. The summed E-state index contributed by atoms with van der Waals surface area (Å²) >= 11 is 0. The van der Waals surface area contributed by atoms with Crippen LogP contribution >= 0.6 is 0 Å². The van der Waals surface area contributed by atoms with E-state index >= 15 is 0 Å². The molecule has 0 aromatic carbocycles. The summed E-state index contributed by atoms with van der Waals surface area (Å²) in [6, 6.07) is -3.45. The molecule has 0 spiro atoms. The van der Waals surface area contributed by atoms with Crippen LogP contribution in [0.3, 0.4) is 0 Å². The molecular weight excluding hydrogens is 638 g/mol. The summed E-state index contributed by atoms with van der Waals surface area (Å²) in [4.78, 5) is 12.6. The standard InChI is InChI=1S/C22H43N5O13.H2O4S/c23-2-1-8(29)20(36)27-7-3-6(25)18(39-22-16(34)15(33)13(31)9(4-24)37-22)17(35)19(7)40-21-14(32)11(26)12(30)10(5-28)38-21;1-5(2,3)4/h6-19,21-22,28-35H,1-5,23-26H2,(H,27,36);(H2,1,2,3,4)/t6-,7+,8-,9+,10+,11-,12+,13+,14+,15-,16+,17-,18+,19-,21+,22+;/m0./s1. The van der Waals surface area contributed by atoms with E-state index in [0.29, 0.717) is 0 Å². The van der Waals surface area contributed by atoms with Crippen molar-refractivity contribution in [2.24, 2.45) is 22.9 Å². The largest absolute Gasteiger partial charge is 0.394 e. The molecule has 19 N–H and O–H groups in total. The van der Waals surface area contributed by atoms with E-state index in [4.69, 9.17) is 59.4 Å². The smallest absolute Gasteiger partial charge is 0.394 e. The van der Waals surface area contributed by atoms with Crippen molar-refractivity contribution in [3.63, 3.8) is 0 Å². The molecule has 3 fully saturated rings. The highest BCUT2D eigenvalue weighted by atomic mass is 32.3. The maximum atomic E-state index is 12.6. The van der Waals surface area contributed by atoms with E-state index < -0.39 is 121 Å². The highest BCUT2D eigenvalue weighted by Gasteiger charge is 2.52. The molecule has 0 aromatic rings. The minimum absolute atomic E-state index is 0.0101. The van der Waals surface area contributed by atoms with Crippen LogP contribution in [0.1, 0.15) is 12.8 Å². The second-order valence-corrected chi connectivity index (χ2v) is 11.7. The predicted octanol–water partition coefficient (Wildman–Crippen LogP) is -9.08. The fourth-order valence-corrected chi connectivity index (χ4v) is 5.07. The van der Waals surface area contributed by atoms with Crippen LogP contribution in [0.5, 0.6) is 0 Å². The Balaban J connectivity index is 0.00000130. The molecule has 16 atom stereocenters. The first-order valence-corrected chi connectivity index (χ1v) is 15.2. The van der Waals surface area contributed by atoms with Gasteiger partial charge in [-0.1, -0.05) is 0 Å². The molecule has 0 radical (unpaired) electrons. The molecule has 22 nitrogen and oxygen atoms in total. The van der Waals surface area contributed by atoms with Crippen molar-refractivity contribution in [2.75, 3.05) is 19.7 Å². The van der Waals surface area contributed by atoms with Crippen molar-refractivity contribution in [3.8, 4) is 0 Å². The summed E-state index contributed by atoms with van der Waals surface area (Å²) < 4.78 is 54.1. The maximum absolute atomic E-state index is 12.6. The first kappa shape index (κ1) is 39.9. The normalized spacial score (nSPS) is 43.1. The van der Waals surface area contributed by atoms with Crippen molar-refractivity contribution < 1.29 is 82.1 Å². The number of hydrogen-bond acceptors (Lipinski definition) is 19. The highest BCUT2D eigenvalue weighted by molar-refractivity contribution is 7.79. The van der Waals surface area contributed by atoms with Gasteiger partial charge in [-0.2, -0.15) is 8.42 Å². The van der Waals surface area contributed by atoms with Gasteiger partial charge in [-0.05, 0) is 19.4 Å². The van der Waals surface area contributed by atoms with Gasteiger partial charge in [0.2, 0.25) is 5.91 Å². The number of amides is 1. The number of hydrogen-bond donors (Lipinski definition) is 15. The Bertz CT molecular complexity index is 1020. The van der Waals surface area contributed by atoms with Gasteiger partial charge in [0.15, 0.2) is 12.6 Å². The Morgan fingerprint density at radius 2 is 1.38 bits per heavy atom. The van der Waals surface area contributed by atoms with Gasteiger partial charge < -0.3 is 88.1 Å². The van der Waals surface area contributed by atoms with E-state index in [9.17, 15) is 45.6 Å². The third kappa shape index (κ3) is 10.6. The SMILES string of the molecule is NCC[C@H](O)C(=O)N[C@@H]1C[C@H](N)[C@@H](O[C@H]2O[C@H](CN)[C@@H](O)[C@H](O)[C@H]2O)[C@H](O)[C@H]1O[C@H]1O[C@H](CO)[C@@H](O)[C@H](N)[C@H]1O.O=S(=O)(O)O. The first-order chi connectivity index (χ1) is 20.9. The van der Waals surface area contributed by atoms with Crippen LogP contribution in [0.25, 0.3) is 0 Å². The van der Waals surface area contributed by atoms with Gasteiger partial charge in [0.25, 0.3) is 0 Å². The van der Waals surface area contributed by atoms with Crippen LogP contribution in [-0.4, -0.2) is 182 Å². The zero-order valence-electron chi connectivity index (χ0n) is 23.8. The third-order valence-electron chi connectivity index (χ3n) is 7.51. The fraction of sp³-hybridized carbons (Fsp3) is 0.955. The molecule has 266 valence electrons. The van der Waals surface area contributed by atoms with Crippen LogP contribution < -0.4 is 28.3 Å². The molecule has 1 aliphatic carbocycles. The monoisotopic (exact) mass is 683 g/mol. The van der Waals surface area contributed by atoms with Gasteiger partial charge in [-0.3, -0.25) is 13.9 Å². The fourth-order valence-electron chi connectivity index (χ4n) is 5.07. The minimum Gasteiger partial charge on any atom is -0.394 e. The van der Waals surface area contributed by atoms with Crippen molar-refractivity contribution in [3.05, 3.63) is 0 Å². The van der Waals surface area contributed by atoms with Gasteiger partial charge >= 0.3 is 10.4 Å². The molecule has 45 heavy (non-hydrogen) atoms. The highest BCUT2D eigenvalue weighted by Crippen LogP contribution is 2.32. The summed E-state index contributed by atoms with van der Waals surface area (Å²) in [6.45, 7) is -0.898. The second kappa shape index (κ2) is 17.2. The number of ether oxygens (including phenoxy) is 4. The van der Waals surface area contributed by atoms with Crippen LogP contribution in [-0.2, 0) is 34.1 Å². The number of nitrogens with two attached hydrogens (primary N) is 4. The molecule has 2 saturated heterocycles. The Hall–Kier alpha value is -1.30. The summed E-state index contributed by atoms with van der Waals surface area (Å²) in [5, 5.41) is 84.9. The lowest BCUT2D eigenvalue weighted by molar-refractivity contribution is -0.332.